The summed E-state index contributed by atoms with van der Waals surface area (Å²) in [5.74, 6) is -2.22. The highest BCUT2D eigenvalue weighted by Gasteiger charge is 2.32. The van der Waals surface area contributed by atoms with Crippen LogP contribution in [0.2, 0.25) is 10.0 Å². The van der Waals surface area contributed by atoms with Crippen LogP contribution in [0, 0.1) is 11.8 Å². The van der Waals surface area contributed by atoms with Crippen molar-refractivity contribution in [2.24, 2.45) is 11.8 Å². The molecule has 144 valence electrons. The third kappa shape index (κ3) is 5.57. The van der Waals surface area contributed by atoms with E-state index in [0.29, 0.717) is 10.0 Å². The van der Waals surface area contributed by atoms with Gasteiger partial charge >= 0.3 is 11.9 Å². The van der Waals surface area contributed by atoms with Gasteiger partial charge in [-0.05, 0) is 47.2 Å². The summed E-state index contributed by atoms with van der Waals surface area (Å²) < 4.78 is 5.32. The number of rotatable bonds is 6. The van der Waals surface area contributed by atoms with Gasteiger partial charge in [-0.2, -0.15) is 0 Å². The molecule has 0 aliphatic rings. The molecule has 0 saturated heterocycles. The first-order valence-electron chi connectivity index (χ1n) is 8.97. The fraction of sp³-hybridized carbons (Fsp3) is 0.364. The smallest absolute Gasteiger partial charge is 0.321 e. The fourth-order valence-electron chi connectivity index (χ4n) is 3.15. The lowest BCUT2D eigenvalue weighted by atomic mass is 9.87. The standard InChI is InChI=1S/C22H24Cl2O3/c1-13(2)19(15-5-9-17(23)10-6-15)21(25)27-22(26)20(14(3)4)16-7-11-18(24)12-8-16/h5-14,19-20H,1-4H3/t19-,20-/m1/s1. The number of hydrogen-bond donors (Lipinski definition) is 0. The van der Waals surface area contributed by atoms with Crippen LogP contribution in [0.1, 0.15) is 50.7 Å². The summed E-state index contributed by atoms with van der Waals surface area (Å²) in [6, 6.07) is 14.1. The summed E-state index contributed by atoms with van der Waals surface area (Å²) in [7, 11) is 0. The van der Waals surface area contributed by atoms with Gasteiger partial charge in [-0.1, -0.05) is 75.2 Å². The predicted octanol–water partition coefficient (Wildman–Crippen LogP) is 6.24. The average molecular weight is 407 g/mol. The number of halogens is 2. The van der Waals surface area contributed by atoms with Crippen molar-refractivity contribution < 1.29 is 14.3 Å². The summed E-state index contributed by atoms with van der Waals surface area (Å²) in [5, 5.41) is 1.18. The Balaban J connectivity index is 2.23. The quantitative estimate of drug-likeness (QED) is 0.420. The average Bonchev–Trinajstić information content (AvgIpc) is 2.58. The largest absolute Gasteiger partial charge is 0.392 e. The topological polar surface area (TPSA) is 43.4 Å². The van der Waals surface area contributed by atoms with Gasteiger partial charge in [-0.15, -0.1) is 0 Å². The molecule has 2 rings (SSSR count). The second-order valence-electron chi connectivity index (χ2n) is 7.29. The number of benzene rings is 2. The van der Waals surface area contributed by atoms with Gasteiger partial charge < -0.3 is 4.74 Å². The Kier molecular flexibility index (Phi) is 7.46. The van der Waals surface area contributed by atoms with Crippen molar-refractivity contribution in [1.29, 1.82) is 0 Å². The second-order valence-corrected chi connectivity index (χ2v) is 8.16. The van der Waals surface area contributed by atoms with Gasteiger partial charge in [-0.3, -0.25) is 9.59 Å². The number of carbonyl (C=O) groups excluding carboxylic acids is 2. The molecular weight excluding hydrogens is 383 g/mol. The zero-order valence-corrected chi connectivity index (χ0v) is 17.4. The van der Waals surface area contributed by atoms with Crippen molar-refractivity contribution in [1.82, 2.24) is 0 Å². The molecular formula is C22H24Cl2O3. The molecule has 0 aliphatic carbocycles. The van der Waals surface area contributed by atoms with E-state index >= 15 is 0 Å². The summed E-state index contributed by atoms with van der Waals surface area (Å²) >= 11 is 11.9. The van der Waals surface area contributed by atoms with Crippen molar-refractivity contribution in [2.75, 3.05) is 0 Å². The first-order valence-corrected chi connectivity index (χ1v) is 9.72. The van der Waals surface area contributed by atoms with Gasteiger partial charge in [0.15, 0.2) is 0 Å². The van der Waals surface area contributed by atoms with Crippen molar-refractivity contribution in [2.45, 2.75) is 39.5 Å². The molecule has 0 aliphatic heterocycles. The molecule has 0 N–H and O–H groups in total. The van der Waals surface area contributed by atoms with Crippen LogP contribution in [0.5, 0.6) is 0 Å². The van der Waals surface area contributed by atoms with E-state index in [4.69, 9.17) is 27.9 Å². The van der Waals surface area contributed by atoms with E-state index in [1.165, 1.54) is 0 Å². The monoisotopic (exact) mass is 406 g/mol. The van der Waals surface area contributed by atoms with Crippen LogP contribution < -0.4 is 0 Å². The fourth-order valence-corrected chi connectivity index (χ4v) is 3.40. The maximum atomic E-state index is 12.8. The Labute approximate surface area is 170 Å². The molecule has 0 unspecified atom stereocenters. The Morgan fingerprint density at radius 2 is 0.963 bits per heavy atom. The van der Waals surface area contributed by atoms with E-state index in [1.54, 1.807) is 48.5 Å². The van der Waals surface area contributed by atoms with Gasteiger partial charge in [0.2, 0.25) is 0 Å². The molecule has 27 heavy (non-hydrogen) atoms. The minimum Gasteiger partial charge on any atom is -0.392 e. The van der Waals surface area contributed by atoms with Crippen molar-refractivity contribution >= 4 is 35.1 Å². The Bertz CT molecular complexity index is 713. The molecule has 5 heteroatoms. The highest BCUT2D eigenvalue weighted by molar-refractivity contribution is 6.30. The first kappa shape index (κ1) is 21.5. The normalized spacial score (nSPS) is 13.5. The van der Waals surface area contributed by atoms with E-state index in [-0.39, 0.29) is 11.8 Å². The summed E-state index contributed by atoms with van der Waals surface area (Å²) in [5.41, 5.74) is 1.56. The second kappa shape index (κ2) is 9.38. The van der Waals surface area contributed by atoms with Crippen molar-refractivity contribution in [3.05, 3.63) is 69.7 Å². The van der Waals surface area contributed by atoms with Gasteiger partial charge in [-0.25, -0.2) is 0 Å². The highest BCUT2D eigenvalue weighted by atomic mass is 35.5. The van der Waals surface area contributed by atoms with Gasteiger partial charge in [0, 0.05) is 10.0 Å². The number of carbonyl (C=O) groups is 2. The summed E-state index contributed by atoms with van der Waals surface area (Å²) in [6.07, 6.45) is 0. The Morgan fingerprint density at radius 3 is 1.22 bits per heavy atom. The maximum absolute atomic E-state index is 12.8. The lowest BCUT2D eigenvalue weighted by molar-refractivity contribution is -0.163. The molecule has 0 saturated carbocycles. The van der Waals surface area contributed by atoms with Crippen LogP contribution in [-0.2, 0) is 14.3 Å². The first-order chi connectivity index (χ1) is 12.7. The Hall–Kier alpha value is -1.84. The molecule has 0 fully saturated rings. The third-order valence-corrected chi connectivity index (χ3v) is 5.00. The van der Waals surface area contributed by atoms with Crippen molar-refractivity contribution in [3.63, 3.8) is 0 Å². The zero-order chi connectivity index (χ0) is 20.1. The molecule has 0 bridgehead atoms. The van der Waals surface area contributed by atoms with Gasteiger partial charge in [0.1, 0.15) is 0 Å². The van der Waals surface area contributed by atoms with E-state index in [2.05, 4.69) is 0 Å². The molecule has 0 radical (unpaired) electrons. The van der Waals surface area contributed by atoms with Crippen LogP contribution in [-0.4, -0.2) is 11.9 Å². The van der Waals surface area contributed by atoms with Crippen LogP contribution in [0.25, 0.3) is 0 Å². The van der Waals surface area contributed by atoms with Crippen LogP contribution >= 0.6 is 23.2 Å². The molecule has 0 heterocycles. The summed E-state index contributed by atoms with van der Waals surface area (Å²) in [4.78, 5) is 25.6. The highest BCUT2D eigenvalue weighted by Crippen LogP contribution is 2.31. The van der Waals surface area contributed by atoms with Crippen LogP contribution in [0.15, 0.2) is 48.5 Å². The van der Waals surface area contributed by atoms with Gasteiger partial charge in [0.25, 0.3) is 0 Å². The van der Waals surface area contributed by atoms with E-state index in [9.17, 15) is 9.59 Å². The minimum absolute atomic E-state index is 0.0282. The third-order valence-electron chi connectivity index (χ3n) is 4.50. The molecule has 2 aromatic carbocycles. The Morgan fingerprint density at radius 1 is 0.667 bits per heavy atom. The molecule has 0 spiro atoms. The molecule has 2 aromatic rings. The minimum atomic E-state index is -0.545. The van der Waals surface area contributed by atoms with E-state index in [0.717, 1.165) is 11.1 Å². The van der Waals surface area contributed by atoms with E-state index in [1.807, 2.05) is 27.7 Å². The SMILES string of the molecule is CC(C)[C@@H](C(=O)OC(=O)[C@@H](c1ccc(Cl)cc1)C(C)C)c1ccc(Cl)cc1. The van der Waals surface area contributed by atoms with Gasteiger partial charge in [0.05, 0.1) is 11.8 Å². The molecule has 3 nitrogen and oxygen atoms in total. The maximum Gasteiger partial charge on any atom is 0.321 e. The summed E-state index contributed by atoms with van der Waals surface area (Å²) in [6.45, 7) is 7.68. The number of ether oxygens (including phenoxy) is 1. The lowest BCUT2D eigenvalue weighted by Gasteiger charge is -2.23. The van der Waals surface area contributed by atoms with Crippen LogP contribution in [0.3, 0.4) is 0 Å². The molecule has 0 aromatic heterocycles. The molecule has 2 atom stereocenters. The lowest BCUT2D eigenvalue weighted by Crippen LogP contribution is -2.28. The molecule has 0 amide bonds. The number of hydrogen-bond acceptors (Lipinski definition) is 3. The van der Waals surface area contributed by atoms with E-state index < -0.39 is 23.8 Å². The zero-order valence-electron chi connectivity index (χ0n) is 15.9. The predicted molar refractivity (Wildman–Crippen MR) is 109 cm³/mol. The number of esters is 2. The van der Waals surface area contributed by atoms with Crippen LogP contribution in [0.4, 0.5) is 0 Å². The van der Waals surface area contributed by atoms with Crippen molar-refractivity contribution in [3.8, 4) is 0 Å².